The van der Waals surface area contributed by atoms with E-state index in [1.165, 1.54) is 0 Å². The van der Waals surface area contributed by atoms with Gasteiger partial charge in [-0.3, -0.25) is 4.90 Å². The molecule has 0 aromatic carbocycles. The van der Waals surface area contributed by atoms with Crippen LogP contribution < -0.4 is 5.73 Å². The maximum Gasteiger partial charge on any atom is 0.0674 e. The first-order chi connectivity index (χ1) is 5.83. The average Bonchev–Trinajstić information content (AvgIpc) is 2.05. The molecule has 0 saturated carbocycles. The van der Waals surface area contributed by atoms with Gasteiger partial charge in [0.1, 0.15) is 0 Å². The highest BCUT2D eigenvalue weighted by molar-refractivity contribution is 4.86. The van der Waals surface area contributed by atoms with Gasteiger partial charge in [0, 0.05) is 26.2 Å². The SMILES string of the molecule is CC1CN(CC=CCN)CCO1. The number of morpholine rings is 1. The molecule has 0 amide bonds. The van der Waals surface area contributed by atoms with Crippen molar-refractivity contribution in [2.45, 2.75) is 13.0 Å². The van der Waals surface area contributed by atoms with Crippen molar-refractivity contribution in [2.24, 2.45) is 5.73 Å². The lowest BCUT2D eigenvalue weighted by molar-refractivity contribution is -0.0140. The van der Waals surface area contributed by atoms with Gasteiger partial charge in [-0.2, -0.15) is 0 Å². The van der Waals surface area contributed by atoms with Crippen molar-refractivity contribution < 1.29 is 4.74 Å². The second kappa shape index (κ2) is 5.30. The van der Waals surface area contributed by atoms with Crippen molar-refractivity contribution in [3.8, 4) is 0 Å². The van der Waals surface area contributed by atoms with E-state index < -0.39 is 0 Å². The Morgan fingerprint density at radius 2 is 2.42 bits per heavy atom. The van der Waals surface area contributed by atoms with Gasteiger partial charge in [0.2, 0.25) is 0 Å². The van der Waals surface area contributed by atoms with E-state index in [0.717, 1.165) is 26.2 Å². The van der Waals surface area contributed by atoms with Crippen LogP contribution >= 0.6 is 0 Å². The number of hydrogen-bond donors (Lipinski definition) is 1. The predicted molar refractivity (Wildman–Crippen MR) is 50.0 cm³/mol. The van der Waals surface area contributed by atoms with Crippen LogP contribution in [0.15, 0.2) is 12.2 Å². The minimum atomic E-state index is 0.380. The summed E-state index contributed by atoms with van der Waals surface area (Å²) in [6, 6.07) is 0. The fourth-order valence-corrected chi connectivity index (χ4v) is 1.38. The quantitative estimate of drug-likeness (QED) is 0.616. The molecule has 1 fully saturated rings. The Hall–Kier alpha value is -0.380. The summed E-state index contributed by atoms with van der Waals surface area (Å²) in [5.74, 6) is 0. The van der Waals surface area contributed by atoms with Gasteiger partial charge >= 0.3 is 0 Å². The fourth-order valence-electron chi connectivity index (χ4n) is 1.38. The van der Waals surface area contributed by atoms with E-state index in [9.17, 15) is 0 Å². The molecule has 70 valence electrons. The Kier molecular flexibility index (Phi) is 4.29. The van der Waals surface area contributed by atoms with Crippen LogP contribution in [0.4, 0.5) is 0 Å². The topological polar surface area (TPSA) is 38.5 Å². The molecular formula is C9H18N2O. The molecular weight excluding hydrogens is 152 g/mol. The normalized spacial score (nSPS) is 26.7. The van der Waals surface area contributed by atoms with Crippen molar-refractivity contribution in [1.29, 1.82) is 0 Å². The summed E-state index contributed by atoms with van der Waals surface area (Å²) < 4.78 is 5.42. The molecule has 2 N–H and O–H groups in total. The van der Waals surface area contributed by atoms with Crippen molar-refractivity contribution >= 4 is 0 Å². The fraction of sp³-hybridized carbons (Fsp3) is 0.778. The monoisotopic (exact) mass is 170 g/mol. The average molecular weight is 170 g/mol. The molecule has 0 aromatic heterocycles. The first-order valence-corrected chi connectivity index (χ1v) is 4.52. The molecule has 1 rings (SSSR count). The summed E-state index contributed by atoms with van der Waals surface area (Å²) in [5.41, 5.74) is 5.34. The van der Waals surface area contributed by atoms with Crippen molar-refractivity contribution in [1.82, 2.24) is 4.90 Å². The first-order valence-electron chi connectivity index (χ1n) is 4.52. The summed E-state index contributed by atoms with van der Waals surface area (Å²) in [7, 11) is 0. The zero-order valence-electron chi connectivity index (χ0n) is 7.70. The van der Waals surface area contributed by atoms with E-state index in [1.54, 1.807) is 0 Å². The number of hydrogen-bond acceptors (Lipinski definition) is 3. The minimum Gasteiger partial charge on any atom is -0.376 e. The van der Waals surface area contributed by atoms with Gasteiger partial charge in [-0.25, -0.2) is 0 Å². The zero-order chi connectivity index (χ0) is 8.81. The molecule has 0 aliphatic carbocycles. The van der Waals surface area contributed by atoms with Crippen molar-refractivity contribution in [2.75, 3.05) is 32.8 Å². The van der Waals surface area contributed by atoms with E-state index in [4.69, 9.17) is 10.5 Å². The summed E-state index contributed by atoms with van der Waals surface area (Å²) in [5, 5.41) is 0. The van der Waals surface area contributed by atoms with Crippen molar-refractivity contribution in [3.05, 3.63) is 12.2 Å². The Morgan fingerprint density at radius 3 is 3.08 bits per heavy atom. The molecule has 3 heteroatoms. The summed E-state index contributed by atoms with van der Waals surface area (Å²) in [6.07, 6.45) is 4.50. The van der Waals surface area contributed by atoms with Gasteiger partial charge in [-0.15, -0.1) is 0 Å². The third-order valence-corrected chi connectivity index (χ3v) is 1.99. The number of ether oxygens (including phenoxy) is 1. The van der Waals surface area contributed by atoms with Crippen LogP contribution in [0.3, 0.4) is 0 Å². The number of nitrogens with two attached hydrogens (primary N) is 1. The molecule has 0 spiro atoms. The van der Waals surface area contributed by atoms with Gasteiger partial charge in [-0.1, -0.05) is 12.2 Å². The van der Waals surface area contributed by atoms with E-state index in [1.807, 2.05) is 6.08 Å². The molecule has 12 heavy (non-hydrogen) atoms. The van der Waals surface area contributed by atoms with Gasteiger partial charge < -0.3 is 10.5 Å². The van der Waals surface area contributed by atoms with E-state index in [-0.39, 0.29) is 0 Å². The third kappa shape index (κ3) is 3.34. The van der Waals surface area contributed by atoms with Crippen LogP contribution in [0.2, 0.25) is 0 Å². The highest BCUT2D eigenvalue weighted by atomic mass is 16.5. The molecule has 1 unspecified atom stereocenters. The number of rotatable bonds is 3. The summed E-state index contributed by atoms with van der Waals surface area (Å²) in [6.45, 7) is 6.69. The van der Waals surface area contributed by atoms with Gasteiger partial charge in [-0.05, 0) is 6.92 Å². The second-order valence-corrected chi connectivity index (χ2v) is 3.15. The Bertz CT molecular complexity index is 147. The van der Waals surface area contributed by atoms with Crippen molar-refractivity contribution in [3.63, 3.8) is 0 Å². The highest BCUT2D eigenvalue weighted by Gasteiger charge is 2.14. The van der Waals surface area contributed by atoms with Crippen LogP contribution in [0.5, 0.6) is 0 Å². The van der Waals surface area contributed by atoms with Crippen LogP contribution in [0.1, 0.15) is 6.92 Å². The summed E-state index contributed by atoms with van der Waals surface area (Å²) in [4.78, 5) is 2.38. The van der Waals surface area contributed by atoms with Gasteiger partial charge in [0.05, 0.1) is 12.7 Å². The molecule has 1 atom stereocenters. The first kappa shape index (κ1) is 9.71. The van der Waals surface area contributed by atoms with Crippen LogP contribution in [0.25, 0.3) is 0 Å². The predicted octanol–water partition coefficient (Wildman–Crippen LogP) is 0.222. The number of nitrogens with zero attached hydrogens (tertiary/aromatic N) is 1. The minimum absolute atomic E-state index is 0.380. The molecule has 1 saturated heterocycles. The molecule has 1 aliphatic rings. The van der Waals surface area contributed by atoms with E-state index >= 15 is 0 Å². The Balaban J connectivity index is 2.18. The Morgan fingerprint density at radius 1 is 1.58 bits per heavy atom. The molecule has 1 aliphatic heterocycles. The molecule has 3 nitrogen and oxygen atoms in total. The molecule has 0 aromatic rings. The molecule has 0 bridgehead atoms. The van der Waals surface area contributed by atoms with E-state index in [2.05, 4.69) is 17.9 Å². The zero-order valence-corrected chi connectivity index (χ0v) is 7.70. The van der Waals surface area contributed by atoms with Gasteiger partial charge in [0.25, 0.3) is 0 Å². The lowest BCUT2D eigenvalue weighted by Crippen LogP contribution is -2.41. The molecule has 0 radical (unpaired) electrons. The lowest BCUT2D eigenvalue weighted by atomic mass is 10.3. The lowest BCUT2D eigenvalue weighted by Gasteiger charge is -2.30. The maximum absolute atomic E-state index is 5.42. The van der Waals surface area contributed by atoms with Crippen LogP contribution in [-0.2, 0) is 4.74 Å². The standard InChI is InChI=1S/C9H18N2O/c1-9-8-11(6-7-12-9)5-3-2-4-10/h2-3,9H,4-8,10H2,1H3. The summed E-state index contributed by atoms with van der Waals surface area (Å²) >= 11 is 0. The van der Waals surface area contributed by atoms with Gasteiger partial charge in [0.15, 0.2) is 0 Å². The third-order valence-electron chi connectivity index (χ3n) is 1.99. The smallest absolute Gasteiger partial charge is 0.0674 e. The highest BCUT2D eigenvalue weighted by Crippen LogP contribution is 2.03. The van der Waals surface area contributed by atoms with E-state index in [0.29, 0.717) is 12.6 Å². The van der Waals surface area contributed by atoms with Crippen LogP contribution in [0, 0.1) is 0 Å². The maximum atomic E-state index is 5.42. The molecule has 1 heterocycles. The second-order valence-electron chi connectivity index (χ2n) is 3.15. The Labute approximate surface area is 74.2 Å². The van der Waals surface area contributed by atoms with Crippen LogP contribution in [-0.4, -0.2) is 43.8 Å². The largest absolute Gasteiger partial charge is 0.376 e.